The number of nitrogens with zero attached hydrogens (tertiary/aromatic N) is 4. The second kappa shape index (κ2) is 8.91. The number of carbonyl (C=O) groups is 1. The summed E-state index contributed by atoms with van der Waals surface area (Å²) in [6.07, 6.45) is 2.06. The van der Waals surface area contributed by atoms with Crippen LogP contribution >= 0.6 is 0 Å². The average Bonchev–Trinajstić information content (AvgIpc) is 3.39. The maximum Gasteiger partial charge on any atom is 0.252 e. The lowest BCUT2D eigenvalue weighted by atomic mass is 9.90. The molecule has 0 aliphatic carbocycles. The number of hydrogen-bond donors (Lipinski definition) is 2. The summed E-state index contributed by atoms with van der Waals surface area (Å²) in [5.41, 5.74) is 7.45. The maximum absolute atomic E-state index is 13.5. The molecule has 0 aliphatic heterocycles. The predicted molar refractivity (Wildman–Crippen MR) is 141 cm³/mol. The van der Waals surface area contributed by atoms with Crippen molar-refractivity contribution in [1.82, 2.24) is 25.1 Å². The third-order valence-electron chi connectivity index (χ3n) is 6.62. The lowest BCUT2D eigenvalue weighted by molar-refractivity contribution is 0.0954. The van der Waals surface area contributed by atoms with Crippen LogP contribution in [0.25, 0.3) is 21.9 Å². The highest BCUT2D eigenvalue weighted by molar-refractivity contribution is 6.06. The van der Waals surface area contributed by atoms with Gasteiger partial charge in [-0.15, -0.1) is 0 Å². The minimum absolute atomic E-state index is 0.0141. The molecule has 5 aromatic rings. The summed E-state index contributed by atoms with van der Waals surface area (Å²) in [7, 11) is 5.92. The van der Waals surface area contributed by atoms with E-state index in [1.165, 1.54) is 0 Å². The molecule has 7 nitrogen and oxygen atoms in total. The molecule has 1 atom stereocenters. The second-order valence-electron chi connectivity index (χ2n) is 9.26. The Kier molecular flexibility index (Phi) is 5.76. The van der Waals surface area contributed by atoms with E-state index >= 15 is 0 Å². The number of aryl methyl sites for hydroxylation is 3. The molecule has 0 fully saturated rings. The summed E-state index contributed by atoms with van der Waals surface area (Å²) < 4.78 is 1.73. The van der Waals surface area contributed by atoms with Crippen molar-refractivity contribution in [3.8, 4) is 0 Å². The standard InChI is InChI=1S/C28H30N6O/c1-17-14-22(26-18(2)32-34(5)27(26)31-17)28(35)30-15-23(19-10-12-20(13-11-19)33(3)4)24-16-29-25-9-7-6-8-21(24)25/h6-14,16,23,29H,15H2,1-5H3,(H,30,35). The van der Waals surface area contributed by atoms with Crippen molar-refractivity contribution >= 4 is 33.5 Å². The van der Waals surface area contributed by atoms with Crippen molar-refractivity contribution in [2.24, 2.45) is 7.05 Å². The molecule has 7 heteroatoms. The van der Waals surface area contributed by atoms with Gasteiger partial charge in [-0.05, 0) is 49.2 Å². The van der Waals surface area contributed by atoms with E-state index < -0.39 is 0 Å². The summed E-state index contributed by atoms with van der Waals surface area (Å²) >= 11 is 0. The Morgan fingerprint density at radius 2 is 1.86 bits per heavy atom. The fourth-order valence-corrected chi connectivity index (χ4v) is 4.83. The van der Waals surface area contributed by atoms with E-state index in [9.17, 15) is 4.79 Å². The highest BCUT2D eigenvalue weighted by Crippen LogP contribution is 2.32. The lowest BCUT2D eigenvalue weighted by Crippen LogP contribution is -2.29. The Bertz CT molecular complexity index is 1530. The molecule has 1 amide bonds. The van der Waals surface area contributed by atoms with E-state index in [0.29, 0.717) is 12.1 Å². The molecule has 0 aliphatic rings. The second-order valence-corrected chi connectivity index (χ2v) is 9.26. The number of H-pyrrole nitrogens is 1. The first-order chi connectivity index (χ1) is 16.8. The predicted octanol–water partition coefficient (Wildman–Crippen LogP) is 4.69. The van der Waals surface area contributed by atoms with E-state index in [1.807, 2.05) is 53.2 Å². The topological polar surface area (TPSA) is 78.8 Å². The minimum Gasteiger partial charge on any atom is -0.378 e. The number of fused-ring (bicyclic) bond motifs is 2. The highest BCUT2D eigenvalue weighted by Gasteiger charge is 2.22. The third-order valence-corrected chi connectivity index (χ3v) is 6.62. The fraction of sp³-hybridized carbons (Fsp3) is 0.250. The summed E-state index contributed by atoms with van der Waals surface area (Å²) in [6.45, 7) is 4.28. The van der Waals surface area contributed by atoms with Crippen LogP contribution in [0.2, 0.25) is 0 Å². The summed E-state index contributed by atoms with van der Waals surface area (Å²) in [5.74, 6) is -0.133. The van der Waals surface area contributed by atoms with E-state index in [0.717, 1.165) is 50.1 Å². The molecule has 0 radical (unpaired) electrons. The van der Waals surface area contributed by atoms with Crippen LogP contribution in [0, 0.1) is 13.8 Å². The zero-order chi connectivity index (χ0) is 24.7. The van der Waals surface area contributed by atoms with Crippen LogP contribution in [0.15, 0.2) is 60.8 Å². The molecule has 0 saturated carbocycles. The van der Waals surface area contributed by atoms with Crippen molar-refractivity contribution in [3.05, 3.63) is 88.9 Å². The van der Waals surface area contributed by atoms with Crippen LogP contribution in [0.4, 0.5) is 5.69 Å². The van der Waals surface area contributed by atoms with Gasteiger partial charge in [-0.25, -0.2) is 4.98 Å². The quantitative estimate of drug-likeness (QED) is 0.380. The van der Waals surface area contributed by atoms with Crippen LogP contribution in [0.1, 0.15) is 38.8 Å². The zero-order valence-corrected chi connectivity index (χ0v) is 20.8. The molecule has 178 valence electrons. The van der Waals surface area contributed by atoms with Gasteiger partial charge in [0.25, 0.3) is 5.91 Å². The van der Waals surface area contributed by atoms with Gasteiger partial charge in [0.05, 0.1) is 16.6 Å². The molecule has 1 unspecified atom stereocenters. The Balaban J connectivity index is 1.51. The monoisotopic (exact) mass is 466 g/mol. The van der Waals surface area contributed by atoms with Crippen molar-refractivity contribution in [1.29, 1.82) is 0 Å². The number of pyridine rings is 1. The van der Waals surface area contributed by atoms with Crippen LogP contribution in [-0.2, 0) is 7.05 Å². The molecule has 0 saturated heterocycles. The Morgan fingerprint density at radius 3 is 2.60 bits per heavy atom. The number of aromatic amines is 1. The summed E-state index contributed by atoms with van der Waals surface area (Å²) in [4.78, 5) is 23.6. The van der Waals surface area contributed by atoms with Gasteiger partial charge in [0.2, 0.25) is 0 Å². The normalized spacial score (nSPS) is 12.3. The van der Waals surface area contributed by atoms with Gasteiger partial charge < -0.3 is 15.2 Å². The number of anilines is 1. The third kappa shape index (κ3) is 4.14. The Morgan fingerprint density at radius 1 is 1.11 bits per heavy atom. The van der Waals surface area contributed by atoms with E-state index in [-0.39, 0.29) is 11.8 Å². The average molecular weight is 467 g/mol. The first-order valence-corrected chi connectivity index (χ1v) is 11.8. The maximum atomic E-state index is 13.5. The van der Waals surface area contributed by atoms with Gasteiger partial charge in [-0.1, -0.05) is 30.3 Å². The van der Waals surface area contributed by atoms with Crippen LogP contribution in [0.5, 0.6) is 0 Å². The number of aromatic nitrogens is 4. The molecule has 2 aromatic carbocycles. The highest BCUT2D eigenvalue weighted by atomic mass is 16.1. The van der Waals surface area contributed by atoms with E-state index in [1.54, 1.807) is 4.68 Å². The smallest absolute Gasteiger partial charge is 0.252 e. The van der Waals surface area contributed by atoms with Crippen molar-refractivity contribution in [2.75, 3.05) is 25.5 Å². The van der Waals surface area contributed by atoms with Gasteiger partial charge in [-0.2, -0.15) is 5.10 Å². The fourth-order valence-electron chi connectivity index (χ4n) is 4.83. The van der Waals surface area contributed by atoms with Gasteiger partial charge in [0.1, 0.15) is 0 Å². The van der Waals surface area contributed by atoms with Crippen molar-refractivity contribution in [2.45, 2.75) is 19.8 Å². The van der Waals surface area contributed by atoms with Gasteiger partial charge in [-0.3, -0.25) is 9.48 Å². The van der Waals surface area contributed by atoms with Crippen LogP contribution in [0.3, 0.4) is 0 Å². The van der Waals surface area contributed by atoms with Gasteiger partial charge in [0.15, 0.2) is 5.65 Å². The van der Waals surface area contributed by atoms with Crippen molar-refractivity contribution in [3.63, 3.8) is 0 Å². The molecule has 5 rings (SSSR count). The van der Waals surface area contributed by atoms with Gasteiger partial charge >= 0.3 is 0 Å². The Labute approximate surface area is 204 Å². The largest absolute Gasteiger partial charge is 0.378 e. The first-order valence-electron chi connectivity index (χ1n) is 11.8. The van der Waals surface area contributed by atoms with E-state index in [2.05, 4.69) is 67.9 Å². The number of benzene rings is 2. The first kappa shape index (κ1) is 22.7. The number of para-hydroxylation sites is 1. The molecule has 2 N–H and O–H groups in total. The number of nitrogens with one attached hydrogen (secondary N) is 2. The summed E-state index contributed by atoms with van der Waals surface area (Å²) in [6, 6.07) is 18.7. The molecular weight excluding hydrogens is 436 g/mol. The number of carbonyl (C=O) groups excluding carboxylic acids is 1. The van der Waals surface area contributed by atoms with Crippen molar-refractivity contribution < 1.29 is 4.79 Å². The molecule has 35 heavy (non-hydrogen) atoms. The molecule has 3 aromatic heterocycles. The zero-order valence-electron chi connectivity index (χ0n) is 20.8. The number of rotatable bonds is 6. The van der Waals surface area contributed by atoms with E-state index in [4.69, 9.17) is 0 Å². The molecular formula is C28H30N6O. The SMILES string of the molecule is Cc1cc(C(=O)NCC(c2ccc(N(C)C)cc2)c2c[nH]c3ccccc23)c2c(C)nn(C)c2n1. The Hall–Kier alpha value is -4.13. The molecule has 0 bridgehead atoms. The minimum atomic E-state index is -0.119. The number of hydrogen-bond acceptors (Lipinski definition) is 4. The van der Waals surface area contributed by atoms with Gasteiger partial charge in [0, 0.05) is 62.1 Å². The number of amides is 1. The molecule has 3 heterocycles. The molecule has 0 spiro atoms. The van der Waals surface area contributed by atoms with Crippen LogP contribution < -0.4 is 10.2 Å². The van der Waals surface area contributed by atoms with Crippen LogP contribution in [-0.4, -0.2) is 46.3 Å². The lowest BCUT2D eigenvalue weighted by Gasteiger charge is -2.20. The summed E-state index contributed by atoms with van der Waals surface area (Å²) in [5, 5.41) is 9.66.